The zero-order valence-corrected chi connectivity index (χ0v) is 12.4. The zero-order chi connectivity index (χ0) is 14.5. The first kappa shape index (κ1) is 16.0. The summed E-state index contributed by atoms with van der Waals surface area (Å²) in [6.07, 6.45) is 1.49. The molecule has 0 aromatic rings. The molecule has 1 rings (SSSR count). The van der Waals surface area contributed by atoms with E-state index in [2.05, 4.69) is 11.8 Å². The van der Waals surface area contributed by atoms with Crippen LogP contribution >= 0.6 is 0 Å². The van der Waals surface area contributed by atoms with E-state index in [0.717, 1.165) is 12.8 Å². The van der Waals surface area contributed by atoms with Crippen LogP contribution in [0.25, 0.3) is 0 Å². The second-order valence-corrected chi connectivity index (χ2v) is 6.28. The van der Waals surface area contributed by atoms with Gasteiger partial charge in [0.15, 0.2) is 0 Å². The van der Waals surface area contributed by atoms with Gasteiger partial charge < -0.3 is 4.90 Å². The summed E-state index contributed by atoms with van der Waals surface area (Å²) in [4.78, 5) is 14.5. The van der Waals surface area contributed by atoms with Gasteiger partial charge in [0.2, 0.25) is 5.91 Å². The van der Waals surface area contributed by atoms with Gasteiger partial charge >= 0.3 is 0 Å². The van der Waals surface area contributed by atoms with Crippen molar-refractivity contribution in [3.8, 4) is 11.8 Å². The van der Waals surface area contributed by atoms with Gasteiger partial charge in [-0.2, -0.15) is 8.42 Å². The molecule has 0 aromatic heterocycles. The van der Waals surface area contributed by atoms with Crippen molar-refractivity contribution in [3.63, 3.8) is 0 Å². The van der Waals surface area contributed by atoms with Crippen molar-refractivity contribution in [3.05, 3.63) is 0 Å². The predicted octanol–water partition coefficient (Wildman–Crippen LogP) is -0.481. The van der Waals surface area contributed by atoms with Crippen molar-refractivity contribution in [2.24, 2.45) is 0 Å². The third-order valence-corrected chi connectivity index (χ3v) is 3.44. The lowest BCUT2D eigenvalue weighted by molar-refractivity contribution is -0.126. The molecule has 1 aliphatic heterocycles. The third kappa shape index (κ3) is 6.57. The topological polar surface area (TPSA) is 66.9 Å². The summed E-state index contributed by atoms with van der Waals surface area (Å²) in [5.41, 5.74) is 0. The van der Waals surface area contributed by atoms with Crippen LogP contribution < -0.4 is 0 Å². The van der Waals surface area contributed by atoms with Crippen LogP contribution in [0.5, 0.6) is 0 Å². The summed E-state index contributed by atoms with van der Waals surface area (Å²) in [5.74, 6) is 5.87. The number of carbonyl (C=O) groups is 1. The molecule has 19 heavy (non-hydrogen) atoms. The maximum atomic E-state index is 11.0. The van der Waals surface area contributed by atoms with Crippen LogP contribution in [0.3, 0.4) is 0 Å². The lowest BCUT2D eigenvalue weighted by Crippen LogP contribution is -2.26. The van der Waals surface area contributed by atoms with Crippen molar-refractivity contribution in [1.29, 1.82) is 0 Å². The molecule has 1 aliphatic rings. The first-order valence-corrected chi connectivity index (χ1v) is 7.87. The van der Waals surface area contributed by atoms with Crippen molar-refractivity contribution < 1.29 is 17.4 Å². The van der Waals surface area contributed by atoms with Crippen molar-refractivity contribution in [2.75, 3.05) is 39.5 Å². The molecule has 1 atom stereocenters. The first-order chi connectivity index (χ1) is 8.78. The average molecular weight is 288 g/mol. The van der Waals surface area contributed by atoms with E-state index in [-0.39, 0.29) is 12.0 Å². The Labute approximate surface area is 114 Å². The van der Waals surface area contributed by atoms with E-state index in [9.17, 15) is 13.2 Å². The Morgan fingerprint density at radius 3 is 2.74 bits per heavy atom. The van der Waals surface area contributed by atoms with E-state index in [1.807, 2.05) is 4.90 Å². The highest BCUT2D eigenvalue weighted by Gasteiger charge is 2.25. The van der Waals surface area contributed by atoms with Gasteiger partial charge in [0.05, 0.1) is 25.4 Å². The van der Waals surface area contributed by atoms with Gasteiger partial charge in [-0.25, -0.2) is 0 Å². The fraction of sp³-hybridized carbons (Fsp3) is 0.750. The molecule has 0 unspecified atom stereocenters. The van der Waals surface area contributed by atoms with E-state index in [1.165, 1.54) is 11.8 Å². The van der Waals surface area contributed by atoms with Gasteiger partial charge in [0.1, 0.15) is 0 Å². The van der Waals surface area contributed by atoms with Crippen LogP contribution in [0.2, 0.25) is 0 Å². The highest BCUT2D eigenvalue weighted by atomic mass is 32.2. The summed E-state index contributed by atoms with van der Waals surface area (Å²) in [7, 11) is -1.69. The normalized spacial score (nSPS) is 19.8. The Balaban J connectivity index is 2.30. The second kappa shape index (κ2) is 6.89. The minimum absolute atomic E-state index is 0.0166. The monoisotopic (exact) mass is 288 g/mol. The molecular weight excluding hydrogens is 268 g/mol. The molecule has 0 spiro atoms. The summed E-state index contributed by atoms with van der Waals surface area (Å²) < 4.78 is 26.9. The van der Waals surface area contributed by atoms with E-state index >= 15 is 0 Å². The molecule has 0 saturated carbocycles. The molecule has 1 fully saturated rings. The lowest BCUT2D eigenvalue weighted by atomic mass is 10.3. The molecule has 6 nitrogen and oxygen atoms in total. The van der Waals surface area contributed by atoms with Crippen LogP contribution in [0.15, 0.2) is 0 Å². The lowest BCUT2D eigenvalue weighted by Gasteiger charge is -2.12. The van der Waals surface area contributed by atoms with Gasteiger partial charge in [-0.3, -0.25) is 13.9 Å². The number of rotatable bonds is 4. The highest BCUT2D eigenvalue weighted by Crippen LogP contribution is 2.13. The van der Waals surface area contributed by atoms with Crippen LogP contribution in [-0.2, 0) is 19.1 Å². The van der Waals surface area contributed by atoms with Crippen LogP contribution in [-0.4, -0.2) is 69.7 Å². The maximum absolute atomic E-state index is 11.0. The molecule has 1 saturated heterocycles. The molecule has 1 heterocycles. The van der Waals surface area contributed by atoms with Gasteiger partial charge in [0, 0.05) is 27.1 Å². The summed E-state index contributed by atoms with van der Waals surface area (Å²) >= 11 is 0. The molecule has 0 bridgehead atoms. The van der Waals surface area contributed by atoms with Gasteiger partial charge in [-0.05, 0) is 6.42 Å². The Kier molecular flexibility index (Phi) is 5.79. The first-order valence-electron chi connectivity index (χ1n) is 6.06. The Morgan fingerprint density at radius 2 is 2.16 bits per heavy atom. The standard InChI is InChI=1S/C12H20N2O4S/c1-11(15)13(2)7-4-5-8-14-9-6-12(10-14)18-19(3,16)17/h12H,6-10H2,1-3H3/t12-/m1/s1. The molecule has 7 heteroatoms. The van der Waals surface area contributed by atoms with E-state index in [1.54, 1.807) is 7.05 Å². The largest absolute Gasteiger partial charge is 0.335 e. The van der Waals surface area contributed by atoms with Crippen molar-refractivity contribution >= 4 is 16.0 Å². The van der Waals surface area contributed by atoms with Crippen molar-refractivity contribution in [1.82, 2.24) is 9.80 Å². The third-order valence-electron chi connectivity index (χ3n) is 2.82. The number of amides is 1. The molecule has 0 radical (unpaired) electrons. The minimum Gasteiger partial charge on any atom is -0.335 e. The van der Waals surface area contributed by atoms with E-state index in [4.69, 9.17) is 4.18 Å². The van der Waals surface area contributed by atoms with E-state index in [0.29, 0.717) is 26.1 Å². The number of carbonyl (C=O) groups excluding carboxylic acids is 1. The zero-order valence-electron chi connectivity index (χ0n) is 11.5. The van der Waals surface area contributed by atoms with Crippen LogP contribution in [0.4, 0.5) is 0 Å². The fourth-order valence-corrected chi connectivity index (χ4v) is 2.37. The highest BCUT2D eigenvalue weighted by molar-refractivity contribution is 7.86. The minimum atomic E-state index is -3.38. The second-order valence-electron chi connectivity index (χ2n) is 4.67. The number of likely N-dealkylation sites (tertiary alicyclic amines) is 1. The Bertz CT molecular complexity index is 478. The number of hydrogen-bond donors (Lipinski definition) is 0. The Hall–Kier alpha value is -1.10. The molecule has 0 aliphatic carbocycles. The quantitative estimate of drug-likeness (QED) is 0.516. The van der Waals surface area contributed by atoms with Crippen LogP contribution in [0.1, 0.15) is 13.3 Å². The van der Waals surface area contributed by atoms with Gasteiger partial charge in [0.25, 0.3) is 10.1 Å². The van der Waals surface area contributed by atoms with E-state index < -0.39 is 10.1 Å². The van der Waals surface area contributed by atoms with Crippen molar-refractivity contribution in [2.45, 2.75) is 19.4 Å². The summed E-state index contributed by atoms with van der Waals surface area (Å²) in [6.45, 7) is 3.82. The molecule has 0 N–H and O–H groups in total. The molecule has 1 amide bonds. The van der Waals surface area contributed by atoms with Gasteiger partial charge in [-0.15, -0.1) is 0 Å². The molecule has 0 aromatic carbocycles. The average Bonchev–Trinajstić information content (AvgIpc) is 2.69. The predicted molar refractivity (Wildman–Crippen MR) is 71.9 cm³/mol. The SMILES string of the molecule is CC(=O)N(C)CC#CCN1CC[C@@H](OS(C)(=O)=O)C1. The molecular formula is C12H20N2O4S. The maximum Gasteiger partial charge on any atom is 0.264 e. The summed E-state index contributed by atoms with van der Waals surface area (Å²) in [5, 5.41) is 0. The fourth-order valence-electron chi connectivity index (χ4n) is 1.72. The number of hydrogen-bond acceptors (Lipinski definition) is 5. The Morgan fingerprint density at radius 1 is 1.47 bits per heavy atom. The molecule has 108 valence electrons. The van der Waals surface area contributed by atoms with Gasteiger partial charge in [-0.1, -0.05) is 11.8 Å². The summed E-state index contributed by atoms with van der Waals surface area (Å²) in [6, 6.07) is 0. The smallest absolute Gasteiger partial charge is 0.264 e. The van der Waals surface area contributed by atoms with Crippen LogP contribution in [0, 0.1) is 11.8 Å². The number of nitrogens with zero attached hydrogens (tertiary/aromatic N) is 2.